The van der Waals surface area contributed by atoms with Gasteiger partial charge in [0.25, 0.3) is 0 Å². The fourth-order valence-electron chi connectivity index (χ4n) is 3.10. The van der Waals surface area contributed by atoms with Crippen molar-refractivity contribution in [2.24, 2.45) is 0 Å². The second kappa shape index (κ2) is 10.4. The highest BCUT2D eigenvalue weighted by Crippen LogP contribution is 2.21. The van der Waals surface area contributed by atoms with Gasteiger partial charge < -0.3 is 10.6 Å². The number of halogens is 1. The third kappa shape index (κ3) is 6.47. The van der Waals surface area contributed by atoms with E-state index in [-0.39, 0.29) is 22.9 Å². The number of aryl methyl sites for hydroxylation is 1. The maximum absolute atomic E-state index is 14.3. The van der Waals surface area contributed by atoms with E-state index in [4.69, 9.17) is 0 Å². The normalized spacial score (nSPS) is 11.3. The van der Waals surface area contributed by atoms with Gasteiger partial charge in [-0.2, -0.15) is 4.31 Å². The molecular weight excluding hydrogens is 445 g/mol. The number of hydrogen-bond acceptors (Lipinski definition) is 4. The largest absolute Gasteiger partial charge is 0.326 e. The van der Waals surface area contributed by atoms with E-state index in [0.717, 1.165) is 9.87 Å². The van der Waals surface area contributed by atoms with Gasteiger partial charge in [-0.05, 0) is 49.4 Å². The average Bonchev–Trinajstić information content (AvgIpc) is 2.76. The number of rotatable bonds is 8. The number of hydrogen-bond donors (Lipinski definition) is 2. The van der Waals surface area contributed by atoms with E-state index in [1.165, 1.54) is 37.3 Å². The Labute approximate surface area is 192 Å². The molecule has 33 heavy (non-hydrogen) atoms. The second-order valence-electron chi connectivity index (χ2n) is 7.48. The van der Waals surface area contributed by atoms with Gasteiger partial charge in [-0.25, -0.2) is 12.8 Å². The summed E-state index contributed by atoms with van der Waals surface area (Å²) in [5.41, 5.74) is 2.02. The van der Waals surface area contributed by atoms with Crippen molar-refractivity contribution in [1.29, 1.82) is 0 Å². The third-order valence-electron chi connectivity index (χ3n) is 4.77. The molecule has 0 spiro atoms. The van der Waals surface area contributed by atoms with Crippen LogP contribution in [0.4, 0.5) is 15.8 Å². The highest BCUT2D eigenvalue weighted by molar-refractivity contribution is 7.89. The van der Waals surface area contributed by atoms with Crippen LogP contribution in [0.25, 0.3) is 0 Å². The van der Waals surface area contributed by atoms with Gasteiger partial charge in [-0.1, -0.05) is 35.9 Å². The van der Waals surface area contributed by atoms with Crippen LogP contribution in [-0.2, 0) is 26.2 Å². The van der Waals surface area contributed by atoms with Gasteiger partial charge in [-0.3, -0.25) is 9.59 Å². The Bertz CT molecular complexity index is 1240. The van der Waals surface area contributed by atoms with Crippen molar-refractivity contribution >= 4 is 33.2 Å². The molecule has 0 heterocycles. The van der Waals surface area contributed by atoms with Crippen LogP contribution in [-0.4, -0.2) is 31.1 Å². The first-order valence-electron chi connectivity index (χ1n) is 10.1. The summed E-state index contributed by atoms with van der Waals surface area (Å²) < 4.78 is 41.8. The summed E-state index contributed by atoms with van der Waals surface area (Å²) in [5, 5.41) is 5.25. The van der Waals surface area contributed by atoms with Gasteiger partial charge in [-0.15, -0.1) is 0 Å². The predicted molar refractivity (Wildman–Crippen MR) is 125 cm³/mol. The summed E-state index contributed by atoms with van der Waals surface area (Å²) in [6, 6.07) is 18.4. The zero-order chi connectivity index (χ0) is 24.0. The summed E-state index contributed by atoms with van der Waals surface area (Å²) in [6.07, 6.45) is 0. The Morgan fingerprint density at radius 2 is 1.45 bits per heavy atom. The van der Waals surface area contributed by atoms with Crippen molar-refractivity contribution in [2.75, 3.05) is 17.2 Å². The first kappa shape index (κ1) is 24.1. The van der Waals surface area contributed by atoms with Crippen LogP contribution in [0.3, 0.4) is 0 Å². The first-order valence-corrected chi connectivity index (χ1v) is 11.6. The summed E-state index contributed by atoms with van der Waals surface area (Å²) >= 11 is 0. The van der Waals surface area contributed by atoms with Gasteiger partial charge >= 0.3 is 0 Å². The lowest BCUT2D eigenvalue weighted by molar-refractivity contribution is -0.116. The number of amides is 2. The minimum absolute atomic E-state index is 0.0110. The molecule has 3 rings (SSSR count). The van der Waals surface area contributed by atoms with Crippen LogP contribution in [0, 0.1) is 12.7 Å². The maximum Gasteiger partial charge on any atom is 0.243 e. The van der Waals surface area contributed by atoms with Gasteiger partial charge in [0.15, 0.2) is 0 Å². The number of benzene rings is 3. The van der Waals surface area contributed by atoms with E-state index in [1.54, 1.807) is 42.5 Å². The molecule has 0 bridgehead atoms. The molecule has 0 atom stereocenters. The fraction of sp³-hybridized carbons (Fsp3) is 0.167. The SMILES string of the molecule is CC(=O)Nc1ccc(NC(=O)CN(Cc2ccccc2F)S(=O)(=O)c2ccc(C)cc2)cc1. The Morgan fingerprint density at radius 1 is 0.879 bits per heavy atom. The molecule has 3 aromatic carbocycles. The number of anilines is 2. The van der Waals surface area contributed by atoms with Crippen LogP contribution < -0.4 is 10.6 Å². The molecule has 3 aromatic rings. The number of nitrogens with one attached hydrogen (secondary N) is 2. The summed E-state index contributed by atoms with van der Waals surface area (Å²) in [5.74, 6) is -1.37. The third-order valence-corrected chi connectivity index (χ3v) is 6.58. The van der Waals surface area contributed by atoms with E-state index in [1.807, 2.05) is 6.92 Å². The topological polar surface area (TPSA) is 95.6 Å². The van der Waals surface area contributed by atoms with Crippen molar-refractivity contribution in [3.05, 3.63) is 89.7 Å². The smallest absolute Gasteiger partial charge is 0.243 e. The standard InChI is InChI=1S/C24H24FN3O4S/c1-17-7-13-22(14-8-17)33(31,32)28(15-19-5-3-4-6-23(19)25)16-24(30)27-21-11-9-20(10-12-21)26-18(2)29/h3-14H,15-16H2,1-2H3,(H,26,29)(H,27,30). The molecule has 2 amide bonds. The van der Waals surface area contributed by atoms with Crippen molar-refractivity contribution in [3.8, 4) is 0 Å². The van der Waals surface area contributed by atoms with E-state index < -0.39 is 28.3 Å². The zero-order valence-electron chi connectivity index (χ0n) is 18.2. The fourth-order valence-corrected chi connectivity index (χ4v) is 4.48. The molecule has 0 unspecified atom stereocenters. The molecule has 2 N–H and O–H groups in total. The molecular formula is C24H24FN3O4S. The van der Waals surface area contributed by atoms with E-state index in [2.05, 4.69) is 10.6 Å². The monoisotopic (exact) mass is 469 g/mol. The molecule has 9 heteroatoms. The first-order chi connectivity index (χ1) is 15.6. The lowest BCUT2D eigenvalue weighted by atomic mass is 10.2. The maximum atomic E-state index is 14.3. The number of nitrogens with zero attached hydrogens (tertiary/aromatic N) is 1. The van der Waals surface area contributed by atoms with Crippen LogP contribution in [0.5, 0.6) is 0 Å². The molecule has 0 saturated heterocycles. The number of sulfonamides is 1. The van der Waals surface area contributed by atoms with Crippen LogP contribution in [0.1, 0.15) is 18.1 Å². The van der Waals surface area contributed by atoms with Gasteiger partial charge in [0.2, 0.25) is 21.8 Å². The van der Waals surface area contributed by atoms with Crippen molar-refractivity contribution < 1.29 is 22.4 Å². The zero-order valence-corrected chi connectivity index (χ0v) is 19.0. The molecule has 0 aromatic heterocycles. The quantitative estimate of drug-likeness (QED) is 0.523. The van der Waals surface area contributed by atoms with Gasteiger partial charge in [0, 0.05) is 30.4 Å². The molecule has 0 aliphatic carbocycles. The average molecular weight is 470 g/mol. The van der Waals surface area contributed by atoms with E-state index in [9.17, 15) is 22.4 Å². The molecule has 0 radical (unpaired) electrons. The van der Waals surface area contributed by atoms with Crippen LogP contribution in [0.2, 0.25) is 0 Å². The number of carbonyl (C=O) groups excluding carboxylic acids is 2. The highest BCUT2D eigenvalue weighted by Gasteiger charge is 2.27. The molecule has 0 aliphatic rings. The van der Waals surface area contributed by atoms with Crippen molar-refractivity contribution in [3.63, 3.8) is 0 Å². The molecule has 172 valence electrons. The Balaban J connectivity index is 1.83. The lowest BCUT2D eigenvalue weighted by Gasteiger charge is -2.22. The molecule has 7 nitrogen and oxygen atoms in total. The number of carbonyl (C=O) groups is 2. The Morgan fingerprint density at radius 3 is 2.03 bits per heavy atom. The summed E-state index contributed by atoms with van der Waals surface area (Å²) in [6.45, 7) is 2.39. The van der Waals surface area contributed by atoms with Crippen LogP contribution in [0.15, 0.2) is 77.7 Å². The minimum Gasteiger partial charge on any atom is -0.326 e. The van der Waals surface area contributed by atoms with Crippen LogP contribution >= 0.6 is 0 Å². The summed E-state index contributed by atoms with van der Waals surface area (Å²) in [4.78, 5) is 23.9. The highest BCUT2D eigenvalue weighted by atomic mass is 32.2. The van der Waals surface area contributed by atoms with Gasteiger partial charge in [0.05, 0.1) is 11.4 Å². The molecule has 0 saturated carbocycles. The van der Waals surface area contributed by atoms with Crippen molar-refractivity contribution in [1.82, 2.24) is 4.31 Å². The Kier molecular flexibility index (Phi) is 7.57. The van der Waals surface area contributed by atoms with Crippen molar-refractivity contribution in [2.45, 2.75) is 25.3 Å². The van der Waals surface area contributed by atoms with E-state index in [0.29, 0.717) is 11.4 Å². The van der Waals surface area contributed by atoms with E-state index >= 15 is 0 Å². The second-order valence-corrected chi connectivity index (χ2v) is 9.42. The minimum atomic E-state index is -4.08. The lowest BCUT2D eigenvalue weighted by Crippen LogP contribution is -2.37. The summed E-state index contributed by atoms with van der Waals surface area (Å²) in [7, 11) is -4.08. The molecule has 0 fully saturated rings. The predicted octanol–water partition coefficient (Wildman–Crippen LogP) is 3.92. The van der Waals surface area contributed by atoms with Gasteiger partial charge in [0.1, 0.15) is 5.82 Å². The Hall–Kier alpha value is -3.56. The molecule has 0 aliphatic heterocycles.